The molecule has 0 aromatic carbocycles. The fraction of sp³-hybridized carbons (Fsp3) is 1.00. The topological polar surface area (TPSA) is 18.5 Å². The summed E-state index contributed by atoms with van der Waals surface area (Å²) in [5.41, 5.74) is 0.101. The molecule has 1 heterocycles. The zero-order valence-electron chi connectivity index (χ0n) is 7.35. The molecule has 0 radical (unpaired) electrons. The lowest BCUT2D eigenvalue weighted by atomic mass is 10.0. The molecule has 2 nitrogen and oxygen atoms in total. The van der Waals surface area contributed by atoms with Gasteiger partial charge in [-0.1, -0.05) is 12.8 Å². The predicted octanol–water partition coefficient (Wildman–Crippen LogP) is 2.08. The van der Waals surface area contributed by atoms with Crippen LogP contribution in [0, 0.1) is 0 Å². The van der Waals surface area contributed by atoms with E-state index in [0.29, 0.717) is 0 Å². The molecule has 0 bridgehead atoms. The van der Waals surface area contributed by atoms with Gasteiger partial charge in [0.05, 0.1) is 12.2 Å². The second-order valence-electron chi connectivity index (χ2n) is 4.18. The molecule has 1 saturated heterocycles. The van der Waals surface area contributed by atoms with Crippen LogP contribution < -0.4 is 0 Å². The first-order valence-electron chi connectivity index (χ1n) is 4.46. The molecule has 1 aliphatic carbocycles. The van der Waals surface area contributed by atoms with Gasteiger partial charge in [0.2, 0.25) is 0 Å². The van der Waals surface area contributed by atoms with E-state index in [1.165, 1.54) is 25.7 Å². The predicted molar refractivity (Wildman–Crippen MR) is 42.3 cm³/mol. The number of hydrogen-bond acceptors (Lipinski definition) is 2. The highest BCUT2D eigenvalue weighted by atomic mass is 16.8. The molecule has 0 aromatic heterocycles. The van der Waals surface area contributed by atoms with E-state index in [0.717, 1.165) is 6.61 Å². The van der Waals surface area contributed by atoms with Crippen molar-refractivity contribution < 1.29 is 9.47 Å². The molecule has 64 valence electrons. The largest absolute Gasteiger partial charge is 0.348 e. The lowest BCUT2D eigenvalue weighted by Crippen LogP contribution is -2.30. The molecule has 0 unspecified atom stereocenters. The van der Waals surface area contributed by atoms with E-state index >= 15 is 0 Å². The molecule has 2 rings (SSSR count). The van der Waals surface area contributed by atoms with Gasteiger partial charge in [-0.3, -0.25) is 0 Å². The first-order valence-corrected chi connectivity index (χ1v) is 4.46. The Hall–Kier alpha value is -0.0800. The summed E-state index contributed by atoms with van der Waals surface area (Å²) >= 11 is 0. The Bertz CT molecular complexity index is 157. The molecular formula is C9H16O2. The summed E-state index contributed by atoms with van der Waals surface area (Å²) in [6.07, 6.45) is 4.99. The molecule has 0 amide bonds. The zero-order chi connectivity index (χ0) is 7.95. The Kier molecular flexibility index (Phi) is 1.52. The summed E-state index contributed by atoms with van der Waals surface area (Å²) in [6, 6.07) is 0. The summed E-state index contributed by atoms with van der Waals surface area (Å²) in [6.45, 7) is 4.81. The molecule has 2 aliphatic rings. The van der Waals surface area contributed by atoms with Gasteiger partial charge in [-0.05, 0) is 26.7 Å². The lowest BCUT2D eigenvalue weighted by Gasteiger charge is -2.23. The Morgan fingerprint density at radius 2 is 1.73 bits per heavy atom. The fourth-order valence-corrected chi connectivity index (χ4v) is 2.15. The normalized spacial score (nSPS) is 33.3. The van der Waals surface area contributed by atoms with Crippen molar-refractivity contribution in [3.8, 4) is 0 Å². The van der Waals surface area contributed by atoms with Gasteiger partial charge >= 0.3 is 0 Å². The fourth-order valence-electron chi connectivity index (χ4n) is 2.15. The number of hydrogen-bond donors (Lipinski definition) is 0. The Balaban J connectivity index is 2.07. The van der Waals surface area contributed by atoms with E-state index in [1.54, 1.807) is 0 Å². The Morgan fingerprint density at radius 1 is 1.09 bits per heavy atom. The summed E-state index contributed by atoms with van der Waals surface area (Å²) in [7, 11) is 0. The van der Waals surface area contributed by atoms with E-state index in [1.807, 2.05) is 13.8 Å². The third kappa shape index (κ3) is 1.30. The molecule has 1 aliphatic heterocycles. The van der Waals surface area contributed by atoms with E-state index < -0.39 is 0 Å². The number of rotatable bonds is 0. The number of ether oxygens (including phenoxy) is 2. The smallest absolute Gasteiger partial charge is 0.163 e. The van der Waals surface area contributed by atoms with Gasteiger partial charge in [-0.2, -0.15) is 0 Å². The van der Waals surface area contributed by atoms with Crippen LogP contribution in [-0.4, -0.2) is 18.0 Å². The standard InChI is InChI=1S/C9H16O2/c1-8(2)10-7-9(11-8)5-3-4-6-9/h3-7H2,1-2H3. The second kappa shape index (κ2) is 2.20. The highest BCUT2D eigenvalue weighted by Crippen LogP contribution is 2.42. The van der Waals surface area contributed by atoms with E-state index in [9.17, 15) is 0 Å². The van der Waals surface area contributed by atoms with Crippen LogP contribution in [0.5, 0.6) is 0 Å². The lowest BCUT2D eigenvalue weighted by molar-refractivity contribution is -0.159. The van der Waals surface area contributed by atoms with Gasteiger partial charge in [-0.15, -0.1) is 0 Å². The molecule has 11 heavy (non-hydrogen) atoms. The van der Waals surface area contributed by atoms with Crippen molar-refractivity contribution in [1.29, 1.82) is 0 Å². The average molecular weight is 156 g/mol. The van der Waals surface area contributed by atoms with Crippen molar-refractivity contribution in [3.05, 3.63) is 0 Å². The zero-order valence-corrected chi connectivity index (χ0v) is 7.35. The van der Waals surface area contributed by atoms with Gasteiger partial charge < -0.3 is 9.47 Å². The van der Waals surface area contributed by atoms with Crippen LogP contribution in [0.4, 0.5) is 0 Å². The van der Waals surface area contributed by atoms with Crippen LogP contribution >= 0.6 is 0 Å². The van der Waals surface area contributed by atoms with Crippen LogP contribution in [0.15, 0.2) is 0 Å². The Labute approximate surface area is 67.9 Å². The summed E-state index contributed by atoms with van der Waals surface area (Å²) in [5.74, 6) is -0.329. The minimum atomic E-state index is -0.329. The molecule has 0 N–H and O–H groups in total. The maximum absolute atomic E-state index is 5.88. The first-order chi connectivity index (χ1) is 5.12. The molecule has 1 spiro atoms. The highest BCUT2D eigenvalue weighted by molar-refractivity contribution is 4.91. The van der Waals surface area contributed by atoms with Crippen molar-refractivity contribution in [3.63, 3.8) is 0 Å². The third-order valence-corrected chi connectivity index (χ3v) is 2.66. The molecule has 0 aromatic rings. The van der Waals surface area contributed by atoms with E-state index in [2.05, 4.69) is 0 Å². The van der Waals surface area contributed by atoms with Gasteiger partial charge in [0, 0.05) is 0 Å². The van der Waals surface area contributed by atoms with Crippen molar-refractivity contribution in [2.24, 2.45) is 0 Å². The van der Waals surface area contributed by atoms with E-state index in [4.69, 9.17) is 9.47 Å². The average Bonchev–Trinajstić information content (AvgIpc) is 2.43. The summed E-state index contributed by atoms with van der Waals surface area (Å²) in [4.78, 5) is 0. The molecule has 2 fully saturated rings. The minimum Gasteiger partial charge on any atom is -0.348 e. The monoisotopic (exact) mass is 156 g/mol. The van der Waals surface area contributed by atoms with Crippen molar-refractivity contribution in [1.82, 2.24) is 0 Å². The summed E-state index contributed by atoms with van der Waals surface area (Å²) in [5, 5.41) is 0. The van der Waals surface area contributed by atoms with Crippen molar-refractivity contribution in [2.45, 2.75) is 50.9 Å². The molecule has 0 atom stereocenters. The van der Waals surface area contributed by atoms with Crippen LogP contribution in [0.1, 0.15) is 39.5 Å². The van der Waals surface area contributed by atoms with Crippen LogP contribution in [0.3, 0.4) is 0 Å². The molecular weight excluding hydrogens is 140 g/mol. The van der Waals surface area contributed by atoms with Crippen molar-refractivity contribution in [2.75, 3.05) is 6.61 Å². The first kappa shape index (κ1) is 7.56. The van der Waals surface area contributed by atoms with Crippen LogP contribution in [0.2, 0.25) is 0 Å². The maximum atomic E-state index is 5.88. The second-order valence-corrected chi connectivity index (χ2v) is 4.18. The van der Waals surface area contributed by atoms with Gasteiger partial charge in [0.1, 0.15) is 0 Å². The maximum Gasteiger partial charge on any atom is 0.163 e. The molecule has 2 heteroatoms. The minimum absolute atomic E-state index is 0.101. The van der Waals surface area contributed by atoms with Crippen molar-refractivity contribution >= 4 is 0 Å². The van der Waals surface area contributed by atoms with Gasteiger partial charge in [-0.25, -0.2) is 0 Å². The van der Waals surface area contributed by atoms with Crippen LogP contribution in [0.25, 0.3) is 0 Å². The quantitative estimate of drug-likeness (QED) is 0.534. The van der Waals surface area contributed by atoms with Crippen LogP contribution in [-0.2, 0) is 9.47 Å². The molecule has 1 saturated carbocycles. The summed E-state index contributed by atoms with van der Waals surface area (Å²) < 4.78 is 11.4. The highest BCUT2D eigenvalue weighted by Gasteiger charge is 2.46. The van der Waals surface area contributed by atoms with Gasteiger partial charge in [0.15, 0.2) is 5.79 Å². The SMILES string of the molecule is CC1(C)OCC2(CCCC2)O1. The van der Waals surface area contributed by atoms with E-state index in [-0.39, 0.29) is 11.4 Å². The van der Waals surface area contributed by atoms with Gasteiger partial charge in [0.25, 0.3) is 0 Å². The Morgan fingerprint density at radius 3 is 2.18 bits per heavy atom. The third-order valence-electron chi connectivity index (χ3n) is 2.66.